The highest BCUT2D eigenvalue weighted by Gasteiger charge is 2.36. The van der Waals surface area contributed by atoms with Crippen LogP contribution in [0.3, 0.4) is 0 Å². The molecule has 0 radical (unpaired) electrons. The molecule has 1 aromatic heterocycles. The minimum absolute atomic E-state index is 0.192. The molecule has 96 valence electrons. The van der Waals surface area contributed by atoms with Crippen molar-refractivity contribution in [2.75, 3.05) is 11.9 Å². The van der Waals surface area contributed by atoms with Crippen molar-refractivity contribution in [3.05, 3.63) is 22.9 Å². The van der Waals surface area contributed by atoms with Crippen molar-refractivity contribution in [2.45, 2.75) is 25.8 Å². The van der Waals surface area contributed by atoms with Crippen LogP contribution < -0.4 is 4.90 Å². The summed E-state index contributed by atoms with van der Waals surface area (Å²) in [4.78, 5) is 28.0. The van der Waals surface area contributed by atoms with Gasteiger partial charge in [0.15, 0.2) is 5.69 Å². The van der Waals surface area contributed by atoms with E-state index in [-0.39, 0.29) is 11.1 Å². The molecule has 0 atom stereocenters. The summed E-state index contributed by atoms with van der Waals surface area (Å²) < 4.78 is 0. The van der Waals surface area contributed by atoms with Crippen LogP contribution in [0.2, 0.25) is 0 Å². The third-order valence-corrected chi connectivity index (χ3v) is 3.36. The summed E-state index contributed by atoms with van der Waals surface area (Å²) in [6, 6.07) is 1.42. The second kappa shape index (κ2) is 3.69. The van der Waals surface area contributed by atoms with E-state index in [1.165, 1.54) is 6.07 Å². The van der Waals surface area contributed by atoms with Gasteiger partial charge in [-0.3, -0.25) is 0 Å². The quantitative estimate of drug-likeness (QED) is 0.820. The predicted octanol–water partition coefficient (Wildman–Crippen LogP) is 1.25. The molecule has 0 saturated carbocycles. The van der Waals surface area contributed by atoms with Crippen LogP contribution in [-0.2, 0) is 6.42 Å². The predicted molar refractivity (Wildman–Crippen MR) is 64.3 cm³/mol. The van der Waals surface area contributed by atoms with Gasteiger partial charge in [-0.05, 0) is 31.9 Å². The summed E-state index contributed by atoms with van der Waals surface area (Å²) >= 11 is 0. The number of hydrogen-bond acceptors (Lipinski definition) is 4. The van der Waals surface area contributed by atoms with Crippen molar-refractivity contribution in [2.24, 2.45) is 0 Å². The maximum absolute atomic E-state index is 11.1. The van der Waals surface area contributed by atoms with Gasteiger partial charge in [0.1, 0.15) is 5.82 Å². The van der Waals surface area contributed by atoms with Crippen molar-refractivity contribution in [1.29, 1.82) is 0 Å². The van der Waals surface area contributed by atoms with Gasteiger partial charge in [-0.2, -0.15) is 0 Å². The highest BCUT2D eigenvalue weighted by Crippen LogP contribution is 2.36. The fourth-order valence-electron chi connectivity index (χ4n) is 2.16. The van der Waals surface area contributed by atoms with Crippen molar-refractivity contribution in [3.63, 3.8) is 0 Å². The number of hydrogen-bond donors (Lipinski definition) is 2. The summed E-state index contributed by atoms with van der Waals surface area (Å²) in [6.45, 7) is 3.99. The Labute approximate surface area is 104 Å². The molecule has 1 aliphatic rings. The van der Waals surface area contributed by atoms with E-state index in [0.717, 1.165) is 5.56 Å². The fraction of sp³-hybridized carbons (Fsp3) is 0.417. The van der Waals surface area contributed by atoms with E-state index in [1.54, 1.807) is 0 Å². The Hall–Kier alpha value is -2.11. The van der Waals surface area contributed by atoms with Crippen molar-refractivity contribution in [1.82, 2.24) is 4.98 Å². The minimum Gasteiger partial charge on any atom is -0.478 e. The van der Waals surface area contributed by atoms with E-state index in [0.29, 0.717) is 12.2 Å². The van der Waals surface area contributed by atoms with Crippen LogP contribution in [0.25, 0.3) is 0 Å². The molecule has 0 unspecified atom stereocenters. The van der Waals surface area contributed by atoms with Gasteiger partial charge in [0.25, 0.3) is 0 Å². The lowest BCUT2D eigenvalue weighted by Crippen LogP contribution is -2.38. The zero-order chi connectivity index (χ0) is 13.7. The van der Waals surface area contributed by atoms with E-state index in [4.69, 9.17) is 10.2 Å². The first kappa shape index (κ1) is 12.3. The Bertz CT molecular complexity index is 551. The molecular weight excluding hydrogens is 236 g/mol. The number of nitrogens with zero attached hydrogens (tertiary/aromatic N) is 2. The third kappa shape index (κ3) is 1.70. The maximum Gasteiger partial charge on any atom is 0.355 e. The summed E-state index contributed by atoms with van der Waals surface area (Å²) in [5.41, 5.74) is -0.0922. The Morgan fingerprint density at radius 2 is 1.94 bits per heavy atom. The Morgan fingerprint density at radius 1 is 1.33 bits per heavy atom. The van der Waals surface area contributed by atoms with Gasteiger partial charge in [0.05, 0.1) is 5.56 Å². The average Bonchev–Trinajstić information content (AvgIpc) is 2.47. The molecule has 2 rings (SSSR count). The first-order chi connectivity index (χ1) is 8.24. The summed E-state index contributed by atoms with van der Waals surface area (Å²) in [7, 11) is 1.82. The third-order valence-electron chi connectivity index (χ3n) is 3.36. The Balaban J connectivity index is 2.65. The summed E-state index contributed by atoms with van der Waals surface area (Å²) in [5, 5.41) is 18.0. The molecule has 1 aliphatic heterocycles. The van der Waals surface area contributed by atoms with Crippen molar-refractivity contribution in [3.8, 4) is 0 Å². The molecule has 0 amide bonds. The fourth-order valence-corrected chi connectivity index (χ4v) is 2.16. The van der Waals surface area contributed by atoms with Crippen LogP contribution in [0.5, 0.6) is 0 Å². The monoisotopic (exact) mass is 250 g/mol. The van der Waals surface area contributed by atoms with Gasteiger partial charge in [-0.1, -0.05) is 0 Å². The van der Waals surface area contributed by atoms with Crippen LogP contribution in [0.1, 0.15) is 40.3 Å². The van der Waals surface area contributed by atoms with Gasteiger partial charge < -0.3 is 15.1 Å². The number of rotatable bonds is 2. The number of anilines is 1. The lowest BCUT2D eigenvalue weighted by molar-refractivity contribution is 0.0646. The summed E-state index contributed by atoms with van der Waals surface area (Å²) in [6.07, 6.45) is 0.645. The lowest BCUT2D eigenvalue weighted by atomic mass is 9.99. The molecule has 0 aromatic carbocycles. The molecular formula is C12H14N2O4. The molecule has 18 heavy (non-hydrogen) atoms. The van der Waals surface area contributed by atoms with Crippen LogP contribution in [0.4, 0.5) is 5.82 Å². The Morgan fingerprint density at radius 3 is 2.44 bits per heavy atom. The first-order valence-corrected chi connectivity index (χ1v) is 5.48. The highest BCUT2D eigenvalue weighted by atomic mass is 16.4. The average molecular weight is 250 g/mol. The summed E-state index contributed by atoms with van der Waals surface area (Å²) in [5.74, 6) is -2.05. The number of carboxylic acids is 2. The number of pyridine rings is 1. The second-order valence-corrected chi connectivity index (χ2v) is 5.03. The molecule has 2 heterocycles. The Kier molecular flexibility index (Phi) is 2.53. The normalized spacial score (nSPS) is 16.5. The topological polar surface area (TPSA) is 90.7 Å². The van der Waals surface area contributed by atoms with E-state index >= 15 is 0 Å². The van der Waals surface area contributed by atoms with Crippen LogP contribution in [0, 0.1) is 0 Å². The number of carbonyl (C=O) groups is 2. The van der Waals surface area contributed by atoms with E-state index in [9.17, 15) is 9.59 Å². The standard InChI is InChI=1S/C12H14N2O4/c1-12(2)5-6-4-7(10(15)16)8(11(17)18)13-9(6)14(12)3/h4H,5H2,1-3H3,(H,15,16)(H,17,18). The van der Waals surface area contributed by atoms with Gasteiger partial charge in [-0.25, -0.2) is 14.6 Å². The minimum atomic E-state index is -1.33. The van der Waals surface area contributed by atoms with Gasteiger partial charge in [0, 0.05) is 12.6 Å². The van der Waals surface area contributed by atoms with E-state index < -0.39 is 17.6 Å². The molecule has 0 fully saturated rings. The molecule has 6 heteroatoms. The number of fused-ring (bicyclic) bond motifs is 1. The van der Waals surface area contributed by atoms with Crippen molar-refractivity contribution < 1.29 is 19.8 Å². The SMILES string of the molecule is CN1c2nc(C(=O)O)c(C(=O)O)cc2CC1(C)C. The molecule has 0 saturated heterocycles. The van der Waals surface area contributed by atoms with Crippen LogP contribution in [0.15, 0.2) is 6.07 Å². The maximum atomic E-state index is 11.1. The largest absolute Gasteiger partial charge is 0.478 e. The number of aromatic nitrogens is 1. The first-order valence-electron chi connectivity index (χ1n) is 5.48. The zero-order valence-electron chi connectivity index (χ0n) is 10.4. The molecule has 2 N–H and O–H groups in total. The number of carboxylic acid groups (broad SMARTS) is 2. The van der Waals surface area contributed by atoms with Crippen LogP contribution in [-0.4, -0.2) is 39.7 Å². The van der Waals surface area contributed by atoms with Gasteiger partial charge >= 0.3 is 11.9 Å². The molecule has 1 aromatic rings. The number of likely N-dealkylation sites (N-methyl/N-ethyl adjacent to an activating group) is 1. The number of aromatic carboxylic acids is 2. The van der Waals surface area contributed by atoms with Gasteiger partial charge in [-0.15, -0.1) is 0 Å². The molecule has 0 spiro atoms. The van der Waals surface area contributed by atoms with E-state index in [2.05, 4.69) is 4.98 Å². The smallest absolute Gasteiger partial charge is 0.355 e. The zero-order valence-corrected chi connectivity index (χ0v) is 10.4. The lowest BCUT2D eigenvalue weighted by Gasteiger charge is -2.29. The second-order valence-electron chi connectivity index (χ2n) is 5.03. The molecule has 0 bridgehead atoms. The molecule has 0 aliphatic carbocycles. The highest BCUT2D eigenvalue weighted by molar-refractivity contribution is 6.01. The van der Waals surface area contributed by atoms with Crippen molar-refractivity contribution >= 4 is 17.8 Å². The van der Waals surface area contributed by atoms with Gasteiger partial charge in [0.2, 0.25) is 0 Å². The molecule has 6 nitrogen and oxygen atoms in total. The van der Waals surface area contributed by atoms with Crippen LogP contribution >= 0.6 is 0 Å². The van der Waals surface area contributed by atoms with E-state index in [1.807, 2.05) is 25.8 Å².